The number of nitrogens with one attached hydrogen (secondary N) is 3. The van der Waals surface area contributed by atoms with E-state index in [0.717, 1.165) is 5.56 Å². The highest BCUT2D eigenvalue weighted by Gasteiger charge is 2.27. The van der Waals surface area contributed by atoms with Crippen LogP contribution >= 0.6 is 0 Å². The predicted molar refractivity (Wildman–Crippen MR) is 106 cm³/mol. The van der Waals surface area contributed by atoms with Crippen LogP contribution in [0, 0.1) is 11.2 Å². The molecule has 1 amide bonds. The average molecular weight is 365 g/mol. The zero-order valence-electron chi connectivity index (χ0n) is 16.9. The normalized spacial score (nSPS) is 12.7. The first-order valence-electron chi connectivity index (χ1n) is 9.19. The van der Waals surface area contributed by atoms with E-state index in [-0.39, 0.29) is 17.1 Å². The van der Waals surface area contributed by atoms with Crippen LogP contribution < -0.4 is 16.0 Å². The van der Waals surface area contributed by atoms with Gasteiger partial charge in [-0.25, -0.2) is 4.39 Å². The summed E-state index contributed by atoms with van der Waals surface area (Å²) in [4.78, 5) is 16.7. The van der Waals surface area contributed by atoms with E-state index in [1.54, 1.807) is 12.1 Å². The number of hydrogen-bond donors (Lipinski definition) is 3. The van der Waals surface area contributed by atoms with E-state index in [2.05, 4.69) is 34.8 Å². The van der Waals surface area contributed by atoms with Gasteiger partial charge in [0.05, 0.1) is 12.0 Å². The van der Waals surface area contributed by atoms with Crippen LogP contribution in [0.3, 0.4) is 0 Å². The Balaban J connectivity index is 2.79. The molecule has 0 heterocycles. The van der Waals surface area contributed by atoms with Gasteiger partial charge in [-0.05, 0) is 45.4 Å². The summed E-state index contributed by atoms with van der Waals surface area (Å²) in [6.45, 7) is 14.0. The van der Waals surface area contributed by atoms with Crippen molar-refractivity contribution in [3.05, 3.63) is 35.6 Å². The molecule has 0 spiro atoms. The number of halogens is 1. The van der Waals surface area contributed by atoms with Gasteiger partial charge in [0, 0.05) is 25.0 Å². The highest BCUT2D eigenvalue weighted by molar-refractivity contribution is 5.83. The van der Waals surface area contributed by atoms with Crippen LogP contribution in [0.2, 0.25) is 0 Å². The quantitative estimate of drug-likeness (QED) is 0.491. The molecular weight excluding hydrogens is 331 g/mol. The van der Waals surface area contributed by atoms with Gasteiger partial charge in [-0.15, -0.1) is 0 Å². The van der Waals surface area contributed by atoms with Crippen LogP contribution in [-0.2, 0) is 10.2 Å². The van der Waals surface area contributed by atoms with E-state index in [1.165, 1.54) is 6.07 Å². The van der Waals surface area contributed by atoms with Crippen molar-refractivity contribution in [2.45, 2.75) is 47.0 Å². The molecule has 0 aliphatic heterocycles. The lowest BCUT2D eigenvalue weighted by Gasteiger charge is -2.27. The largest absolute Gasteiger partial charge is 0.357 e. The topological polar surface area (TPSA) is 65.5 Å². The molecule has 1 aromatic rings. The van der Waals surface area contributed by atoms with Gasteiger partial charge in [-0.2, -0.15) is 0 Å². The molecule has 1 rings (SSSR count). The van der Waals surface area contributed by atoms with Gasteiger partial charge in [0.15, 0.2) is 5.96 Å². The van der Waals surface area contributed by atoms with E-state index in [1.807, 2.05) is 33.8 Å². The summed E-state index contributed by atoms with van der Waals surface area (Å²) in [7, 11) is 0. The summed E-state index contributed by atoms with van der Waals surface area (Å²) in [5.74, 6) is 0.397. The first-order chi connectivity index (χ1) is 12.1. The molecular formula is C20H33FN4O. The fraction of sp³-hybridized carbons (Fsp3) is 0.600. The summed E-state index contributed by atoms with van der Waals surface area (Å²) in [6.07, 6.45) is 0. The Kier molecular flexibility index (Phi) is 8.06. The Morgan fingerprint density at radius 3 is 2.31 bits per heavy atom. The summed E-state index contributed by atoms with van der Waals surface area (Å²) < 4.78 is 13.5. The first-order valence-corrected chi connectivity index (χ1v) is 9.19. The van der Waals surface area contributed by atoms with Gasteiger partial charge in [0.25, 0.3) is 0 Å². The number of benzene rings is 1. The van der Waals surface area contributed by atoms with Crippen LogP contribution in [0.25, 0.3) is 0 Å². The van der Waals surface area contributed by atoms with Crippen molar-refractivity contribution in [3.8, 4) is 0 Å². The molecule has 0 atom stereocenters. The van der Waals surface area contributed by atoms with Gasteiger partial charge in [-0.1, -0.05) is 26.0 Å². The van der Waals surface area contributed by atoms with Crippen LogP contribution in [0.4, 0.5) is 4.39 Å². The Morgan fingerprint density at radius 1 is 1.08 bits per heavy atom. The maximum absolute atomic E-state index is 13.5. The second-order valence-electron chi connectivity index (χ2n) is 7.69. The molecule has 3 N–H and O–H groups in total. The fourth-order valence-corrected chi connectivity index (χ4v) is 2.41. The molecule has 0 radical (unpaired) electrons. The van der Waals surface area contributed by atoms with Gasteiger partial charge >= 0.3 is 0 Å². The number of nitrogens with zero attached hydrogens (tertiary/aromatic N) is 1. The number of carbonyl (C=O) groups is 1. The van der Waals surface area contributed by atoms with Gasteiger partial charge in [0.1, 0.15) is 5.82 Å². The Hall–Kier alpha value is -2.11. The number of hydrogen-bond acceptors (Lipinski definition) is 2. The van der Waals surface area contributed by atoms with E-state index in [9.17, 15) is 9.18 Å². The summed E-state index contributed by atoms with van der Waals surface area (Å²) in [6, 6.07) is 6.65. The summed E-state index contributed by atoms with van der Waals surface area (Å²) in [5.41, 5.74) is 0.0626. The molecule has 146 valence electrons. The van der Waals surface area contributed by atoms with E-state index in [4.69, 9.17) is 0 Å². The van der Waals surface area contributed by atoms with E-state index < -0.39 is 5.41 Å². The average Bonchev–Trinajstić information content (AvgIpc) is 2.57. The predicted octanol–water partition coefficient (Wildman–Crippen LogP) is 2.82. The SMILES string of the molecule is CCNC(=O)C(C)(C)CN=C(NCC)NCC(C)(C)c1cccc(F)c1. The van der Waals surface area contributed by atoms with Gasteiger partial charge in [-0.3, -0.25) is 9.79 Å². The number of amides is 1. The highest BCUT2D eigenvalue weighted by Crippen LogP contribution is 2.23. The molecule has 6 heteroatoms. The molecule has 1 aromatic carbocycles. The third kappa shape index (κ3) is 6.65. The van der Waals surface area contributed by atoms with Crippen LogP contribution in [0.15, 0.2) is 29.3 Å². The lowest BCUT2D eigenvalue weighted by molar-refractivity contribution is -0.128. The molecule has 0 bridgehead atoms. The molecule has 0 aliphatic rings. The van der Waals surface area contributed by atoms with Crippen molar-refractivity contribution in [2.75, 3.05) is 26.2 Å². The van der Waals surface area contributed by atoms with Crippen LogP contribution in [0.5, 0.6) is 0 Å². The zero-order chi connectivity index (χ0) is 19.8. The Bertz CT molecular complexity index is 626. The number of rotatable bonds is 8. The smallest absolute Gasteiger partial charge is 0.227 e. The van der Waals surface area contributed by atoms with Gasteiger partial charge < -0.3 is 16.0 Å². The minimum absolute atomic E-state index is 0.0142. The second kappa shape index (κ2) is 9.55. The highest BCUT2D eigenvalue weighted by atomic mass is 19.1. The molecule has 5 nitrogen and oxygen atoms in total. The molecule has 0 fully saturated rings. The number of guanidine groups is 1. The summed E-state index contributed by atoms with van der Waals surface area (Å²) in [5, 5.41) is 9.34. The number of aliphatic imine (C=N–C) groups is 1. The second-order valence-corrected chi connectivity index (χ2v) is 7.69. The van der Waals surface area contributed by atoms with Crippen molar-refractivity contribution < 1.29 is 9.18 Å². The maximum Gasteiger partial charge on any atom is 0.227 e. The molecule has 0 unspecified atom stereocenters. The van der Waals surface area contributed by atoms with E-state index >= 15 is 0 Å². The van der Waals surface area contributed by atoms with Crippen LogP contribution in [0.1, 0.15) is 47.1 Å². The van der Waals surface area contributed by atoms with E-state index in [0.29, 0.717) is 32.1 Å². The molecule has 0 saturated heterocycles. The lowest BCUT2D eigenvalue weighted by atomic mass is 9.84. The van der Waals surface area contributed by atoms with Crippen molar-refractivity contribution in [1.29, 1.82) is 0 Å². The third-order valence-corrected chi connectivity index (χ3v) is 4.23. The monoisotopic (exact) mass is 364 g/mol. The van der Waals surface area contributed by atoms with Crippen molar-refractivity contribution >= 4 is 11.9 Å². The minimum Gasteiger partial charge on any atom is -0.357 e. The fourth-order valence-electron chi connectivity index (χ4n) is 2.41. The Morgan fingerprint density at radius 2 is 1.73 bits per heavy atom. The molecule has 0 aromatic heterocycles. The standard InChI is InChI=1S/C20H33FN4O/c1-7-22-17(26)20(5,6)14-25-18(23-8-2)24-13-19(3,4)15-10-9-11-16(21)12-15/h9-12H,7-8,13-14H2,1-6H3,(H,22,26)(H2,23,24,25). The summed E-state index contributed by atoms with van der Waals surface area (Å²) >= 11 is 0. The third-order valence-electron chi connectivity index (χ3n) is 4.23. The lowest BCUT2D eigenvalue weighted by Crippen LogP contribution is -2.45. The van der Waals surface area contributed by atoms with Crippen molar-refractivity contribution in [2.24, 2.45) is 10.4 Å². The first kappa shape index (κ1) is 21.9. The zero-order valence-corrected chi connectivity index (χ0v) is 16.9. The molecule has 0 aliphatic carbocycles. The van der Waals surface area contributed by atoms with Crippen molar-refractivity contribution in [1.82, 2.24) is 16.0 Å². The maximum atomic E-state index is 13.5. The number of carbonyl (C=O) groups excluding carboxylic acids is 1. The van der Waals surface area contributed by atoms with Crippen molar-refractivity contribution in [3.63, 3.8) is 0 Å². The van der Waals surface area contributed by atoms with Crippen LogP contribution in [-0.4, -0.2) is 38.0 Å². The Labute approximate surface area is 156 Å². The van der Waals surface area contributed by atoms with Gasteiger partial charge in [0.2, 0.25) is 5.91 Å². The molecule has 26 heavy (non-hydrogen) atoms. The minimum atomic E-state index is -0.587. The molecule has 0 saturated carbocycles.